The van der Waals surface area contributed by atoms with Crippen molar-refractivity contribution in [2.45, 2.75) is 64.0 Å². The largest absolute Gasteiger partial charge is 0.312 e. The summed E-state index contributed by atoms with van der Waals surface area (Å²) < 4.78 is 0. The Morgan fingerprint density at radius 1 is 1.12 bits per heavy atom. The normalized spacial score (nSPS) is 30.9. The van der Waals surface area contributed by atoms with Crippen LogP contribution in [0, 0.1) is 5.92 Å². The molecule has 0 spiro atoms. The van der Waals surface area contributed by atoms with Crippen molar-refractivity contribution in [3.05, 3.63) is 0 Å². The zero-order chi connectivity index (χ0) is 11.4. The summed E-state index contributed by atoms with van der Waals surface area (Å²) >= 11 is 0. The fourth-order valence-corrected chi connectivity index (χ4v) is 3.25. The highest BCUT2D eigenvalue weighted by atomic mass is 15.2. The Kier molecular flexibility index (Phi) is 4.66. The summed E-state index contributed by atoms with van der Waals surface area (Å²) in [4.78, 5) is 2.64. The Balaban J connectivity index is 1.76. The summed E-state index contributed by atoms with van der Waals surface area (Å²) in [7, 11) is 2.34. The minimum Gasteiger partial charge on any atom is -0.312 e. The average Bonchev–Trinajstić information content (AvgIpc) is 2.68. The van der Waals surface area contributed by atoms with E-state index in [2.05, 4.69) is 24.2 Å². The van der Waals surface area contributed by atoms with Gasteiger partial charge in [-0.15, -0.1) is 0 Å². The van der Waals surface area contributed by atoms with E-state index >= 15 is 0 Å². The Labute approximate surface area is 101 Å². The van der Waals surface area contributed by atoms with Gasteiger partial charge in [0.05, 0.1) is 0 Å². The van der Waals surface area contributed by atoms with Gasteiger partial charge in [0.1, 0.15) is 0 Å². The first-order valence-electron chi connectivity index (χ1n) is 7.25. The Morgan fingerprint density at radius 2 is 1.88 bits per heavy atom. The number of nitrogens with one attached hydrogen (secondary N) is 1. The van der Waals surface area contributed by atoms with Gasteiger partial charge in [0.2, 0.25) is 0 Å². The zero-order valence-electron chi connectivity index (χ0n) is 11.0. The van der Waals surface area contributed by atoms with Gasteiger partial charge in [-0.05, 0) is 51.6 Å². The Bertz CT molecular complexity index is 201. The first-order valence-corrected chi connectivity index (χ1v) is 7.25. The molecule has 0 aliphatic heterocycles. The highest BCUT2D eigenvalue weighted by Gasteiger charge is 2.31. The molecule has 2 unspecified atom stereocenters. The van der Waals surface area contributed by atoms with Crippen LogP contribution in [0.25, 0.3) is 0 Å². The molecule has 2 saturated carbocycles. The van der Waals surface area contributed by atoms with E-state index in [1.165, 1.54) is 58.0 Å². The molecule has 2 nitrogen and oxygen atoms in total. The molecule has 0 radical (unpaired) electrons. The molecule has 94 valence electrons. The maximum atomic E-state index is 3.73. The molecule has 2 aliphatic rings. The molecule has 2 aliphatic carbocycles. The monoisotopic (exact) mass is 224 g/mol. The summed E-state index contributed by atoms with van der Waals surface area (Å²) in [5.74, 6) is 1.01. The third-order valence-electron chi connectivity index (χ3n) is 4.47. The molecule has 0 heterocycles. The van der Waals surface area contributed by atoms with E-state index in [4.69, 9.17) is 0 Å². The smallest absolute Gasteiger partial charge is 0.0246 e. The van der Waals surface area contributed by atoms with Gasteiger partial charge >= 0.3 is 0 Å². The molecule has 2 atom stereocenters. The fraction of sp³-hybridized carbons (Fsp3) is 1.00. The van der Waals surface area contributed by atoms with Gasteiger partial charge in [0, 0.05) is 18.6 Å². The van der Waals surface area contributed by atoms with Gasteiger partial charge in [-0.25, -0.2) is 0 Å². The Morgan fingerprint density at radius 3 is 2.50 bits per heavy atom. The molecule has 0 aromatic heterocycles. The molecule has 2 fully saturated rings. The van der Waals surface area contributed by atoms with E-state index in [9.17, 15) is 0 Å². The third kappa shape index (κ3) is 2.98. The van der Waals surface area contributed by atoms with Crippen molar-refractivity contribution < 1.29 is 0 Å². The van der Waals surface area contributed by atoms with Crippen LogP contribution in [0.3, 0.4) is 0 Å². The second kappa shape index (κ2) is 6.02. The number of hydrogen-bond acceptors (Lipinski definition) is 2. The molecule has 0 bridgehead atoms. The minimum atomic E-state index is 0.769. The number of hydrogen-bond donors (Lipinski definition) is 1. The van der Waals surface area contributed by atoms with Crippen LogP contribution in [-0.4, -0.2) is 37.1 Å². The van der Waals surface area contributed by atoms with E-state index in [1.807, 2.05) is 0 Å². The molecular weight excluding hydrogens is 196 g/mol. The standard InChI is InChI=1S/C14H28N2/c1-3-10-15-13-8-5-9-14(13)16(2)11-12-6-4-7-12/h12-15H,3-11H2,1-2H3. The lowest BCUT2D eigenvalue weighted by molar-refractivity contribution is 0.147. The van der Waals surface area contributed by atoms with Gasteiger partial charge in [0.15, 0.2) is 0 Å². The summed E-state index contributed by atoms with van der Waals surface area (Å²) in [6, 6.07) is 1.58. The predicted octanol–water partition coefficient (Wildman–Crippen LogP) is 2.64. The van der Waals surface area contributed by atoms with Crippen LogP contribution in [-0.2, 0) is 0 Å². The van der Waals surface area contributed by atoms with Crippen LogP contribution in [0.1, 0.15) is 51.9 Å². The maximum Gasteiger partial charge on any atom is 0.0246 e. The molecular formula is C14H28N2. The van der Waals surface area contributed by atoms with Crippen LogP contribution >= 0.6 is 0 Å². The van der Waals surface area contributed by atoms with Crippen molar-refractivity contribution in [2.24, 2.45) is 5.92 Å². The molecule has 16 heavy (non-hydrogen) atoms. The van der Waals surface area contributed by atoms with Crippen molar-refractivity contribution in [2.75, 3.05) is 20.1 Å². The number of nitrogens with zero attached hydrogens (tertiary/aromatic N) is 1. The van der Waals surface area contributed by atoms with Gasteiger partial charge < -0.3 is 10.2 Å². The van der Waals surface area contributed by atoms with Crippen molar-refractivity contribution in [1.82, 2.24) is 10.2 Å². The Hall–Kier alpha value is -0.0800. The van der Waals surface area contributed by atoms with E-state index in [0.29, 0.717) is 0 Å². The van der Waals surface area contributed by atoms with Crippen molar-refractivity contribution in [3.8, 4) is 0 Å². The SMILES string of the molecule is CCCNC1CCCC1N(C)CC1CCC1. The van der Waals surface area contributed by atoms with Crippen LogP contribution in [0.15, 0.2) is 0 Å². The second-order valence-electron chi connectivity index (χ2n) is 5.80. The molecule has 0 aromatic carbocycles. The minimum absolute atomic E-state index is 0.769. The lowest BCUT2D eigenvalue weighted by Gasteiger charge is -2.36. The highest BCUT2D eigenvalue weighted by Crippen LogP contribution is 2.30. The lowest BCUT2D eigenvalue weighted by atomic mass is 9.85. The topological polar surface area (TPSA) is 15.3 Å². The van der Waals surface area contributed by atoms with Crippen LogP contribution < -0.4 is 5.32 Å². The summed E-state index contributed by atoms with van der Waals surface area (Å²) in [5.41, 5.74) is 0. The van der Waals surface area contributed by atoms with E-state index < -0.39 is 0 Å². The summed E-state index contributed by atoms with van der Waals surface area (Å²) in [6.07, 6.45) is 9.90. The first kappa shape index (κ1) is 12.4. The number of rotatable bonds is 6. The second-order valence-corrected chi connectivity index (χ2v) is 5.80. The van der Waals surface area contributed by atoms with Crippen LogP contribution in [0.5, 0.6) is 0 Å². The summed E-state index contributed by atoms with van der Waals surface area (Å²) in [5, 5.41) is 3.73. The lowest BCUT2D eigenvalue weighted by Crippen LogP contribution is -2.47. The third-order valence-corrected chi connectivity index (χ3v) is 4.47. The van der Waals surface area contributed by atoms with E-state index in [-0.39, 0.29) is 0 Å². The summed E-state index contributed by atoms with van der Waals surface area (Å²) in [6.45, 7) is 4.79. The quantitative estimate of drug-likeness (QED) is 0.746. The zero-order valence-corrected chi connectivity index (χ0v) is 11.0. The highest BCUT2D eigenvalue weighted by molar-refractivity contribution is 4.90. The van der Waals surface area contributed by atoms with Gasteiger partial charge in [-0.2, -0.15) is 0 Å². The van der Waals surface area contributed by atoms with Crippen molar-refractivity contribution in [3.63, 3.8) is 0 Å². The molecule has 2 rings (SSSR count). The fourth-order valence-electron chi connectivity index (χ4n) is 3.25. The van der Waals surface area contributed by atoms with Gasteiger partial charge in [-0.1, -0.05) is 19.8 Å². The van der Waals surface area contributed by atoms with Crippen LogP contribution in [0.4, 0.5) is 0 Å². The predicted molar refractivity (Wildman–Crippen MR) is 69.7 cm³/mol. The first-order chi connectivity index (χ1) is 7.81. The molecule has 1 N–H and O–H groups in total. The maximum absolute atomic E-state index is 3.73. The molecule has 2 heteroatoms. The number of likely N-dealkylation sites (N-methyl/N-ethyl adjacent to an activating group) is 1. The van der Waals surface area contributed by atoms with E-state index in [1.54, 1.807) is 0 Å². The van der Waals surface area contributed by atoms with E-state index in [0.717, 1.165) is 18.0 Å². The molecule has 0 amide bonds. The van der Waals surface area contributed by atoms with Crippen molar-refractivity contribution in [1.29, 1.82) is 0 Å². The van der Waals surface area contributed by atoms with Gasteiger partial charge in [0.25, 0.3) is 0 Å². The average molecular weight is 224 g/mol. The molecule has 0 saturated heterocycles. The van der Waals surface area contributed by atoms with Crippen molar-refractivity contribution >= 4 is 0 Å². The van der Waals surface area contributed by atoms with Gasteiger partial charge in [-0.3, -0.25) is 0 Å². The van der Waals surface area contributed by atoms with Crippen LogP contribution in [0.2, 0.25) is 0 Å². The molecule has 0 aromatic rings.